The van der Waals surface area contributed by atoms with Gasteiger partial charge < -0.3 is 9.84 Å². The Labute approximate surface area is 116 Å². The van der Waals surface area contributed by atoms with Crippen LogP contribution in [0.3, 0.4) is 0 Å². The van der Waals surface area contributed by atoms with Crippen molar-refractivity contribution in [2.75, 3.05) is 0 Å². The van der Waals surface area contributed by atoms with Crippen LogP contribution in [-0.4, -0.2) is 16.0 Å². The average molecular weight is 297 g/mol. The summed E-state index contributed by atoms with van der Waals surface area (Å²) in [6, 6.07) is 4.87. The van der Waals surface area contributed by atoms with Crippen LogP contribution in [0.2, 0.25) is 0 Å². The molecule has 2 aromatic rings. The molecule has 0 saturated carbocycles. The molecule has 0 spiro atoms. The summed E-state index contributed by atoms with van der Waals surface area (Å²) >= 11 is 1.00. The van der Waals surface area contributed by atoms with Crippen LogP contribution in [0.15, 0.2) is 29.6 Å². The van der Waals surface area contributed by atoms with Gasteiger partial charge in [0.2, 0.25) is 5.75 Å². The molecule has 0 aliphatic heterocycles. The Bertz CT molecular complexity index is 670. The van der Waals surface area contributed by atoms with Crippen LogP contribution in [0.1, 0.15) is 15.2 Å². The van der Waals surface area contributed by atoms with E-state index in [2.05, 4.69) is 0 Å². The number of nitrogens with zero attached hydrogens (tertiary/aromatic N) is 1. The number of nitro groups is 1. The summed E-state index contributed by atoms with van der Waals surface area (Å²) in [4.78, 5) is 21.0. The number of hydrogen-bond acceptors (Lipinski definition) is 5. The smallest absolute Gasteiger partial charge is 0.346 e. The van der Waals surface area contributed by atoms with Crippen LogP contribution in [-0.2, 0) is 6.61 Å². The van der Waals surface area contributed by atoms with Crippen molar-refractivity contribution in [2.45, 2.75) is 6.61 Å². The first kappa shape index (κ1) is 13.9. The number of halogens is 1. The van der Waals surface area contributed by atoms with Crippen LogP contribution < -0.4 is 4.74 Å². The molecule has 0 bridgehead atoms. The molecule has 104 valence electrons. The third kappa shape index (κ3) is 2.75. The van der Waals surface area contributed by atoms with E-state index < -0.39 is 28.1 Å². The molecule has 0 unspecified atom stereocenters. The molecule has 0 aliphatic rings. The second-order valence-corrected chi connectivity index (χ2v) is 4.63. The van der Waals surface area contributed by atoms with E-state index in [9.17, 15) is 19.3 Å². The quantitative estimate of drug-likeness (QED) is 0.676. The summed E-state index contributed by atoms with van der Waals surface area (Å²) in [5, 5.41) is 21.3. The average Bonchev–Trinajstić information content (AvgIpc) is 2.85. The summed E-state index contributed by atoms with van der Waals surface area (Å²) in [5.74, 6) is -2.49. The second-order valence-electron chi connectivity index (χ2n) is 3.71. The lowest BCUT2D eigenvalue weighted by Crippen LogP contribution is -2.04. The second kappa shape index (κ2) is 5.66. The predicted octanol–water partition coefficient (Wildman–Crippen LogP) is 3.07. The molecule has 1 heterocycles. The molecule has 0 amide bonds. The van der Waals surface area contributed by atoms with Gasteiger partial charge in [-0.2, -0.15) is 0 Å². The van der Waals surface area contributed by atoms with Crippen molar-refractivity contribution in [3.8, 4) is 5.75 Å². The summed E-state index contributed by atoms with van der Waals surface area (Å²) < 4.78 is 18.6. The first-order valence-corrected chi connectivity index (χ1v) is 6.24. The van der Waals surface area contributed by atoms with Gasteiger partial charge in [0.15, 0.2) is 5.82 Å². The molecule has 2 rings (SSSR count). The third-order valence-corrected chi connectivity index (χ3v) is 3.40. The fourth-order valence-electron chi connectivity index (χ4n) is 1.57. The van der Waals surface area contributed by atoms with Gasteiger partial charge in [0, 0.05) is 11.6 Å². The minimum atomic E-state index is -1.12. The number of hydrogen-bond donors (Lipinski definition) is 1. The number of carbonyl (C=O) groups is 1. The minimum Gasteiger partial charge on any atom is -0.480 e. The maximum atomic E-state index is 13.6. The topological polar surface area (TPSA) is 89.7 Å². The Balaban J connectivity index is 2.25. The number of aromatic carboxylic acids is 1. The van der Waals surface area contributed by atoms with Crippen LogP contribution in [0, 0.1) is 15.9 Å². The molecule has 0 saturated heterocycles. The van der Waals surface area contributed by atoms with Crippen LogP contribution in [0.5, 0.6) is 5.75 Å². The van der Waals surface area contributed by atoms with Crippen molar-refractivity contribution < 1.29 is 24.0 Å². The summed E-state index contributed by atoms with van der Waals surface area (Å²) in [6.45, 7) is -0.257. The van der Waals surface area contributed by atoms with Gasteiger partial charge in [-0.25, -0.2) is 9.18 Å². The zero-order chi connectivity index (χ0) is 14.7. The molecule has 0 fully saturated rings. The van der Waals surface area contributed by atoms with E-state index in [0.717, 1.165) is 23.5 Å². The summed E-state index contributed by atoms with van der Waals surface area (Å²) in [7, 11) is 0. The van der Waals surface area contributed by atoms with Crippen molar-refractivity contribution >= 4 is 23.0 Å². The molecule has 8 heteroatoms. The number of thiophene rings is 1. The van der Waals surface area contributed by atoms with E-state index in [1.807, 2.05) is 0 Å². The van der Waals surface area contributed by atoms with Crippen molar-refractivity contribution in [1.29, 1.82) is 0 Å². The number of rotatable bonds is 5. The highest BCUT2D eigenvalue weighted by Gasteiger charge is 2.20. The van der Waals surface area contributed by atoms with E-state index in [1.54, 1.807) is 5.38 Å². The van der Waals surface area contributed by atoms with Gasteiger partial charge in [0.05, 0.1) is 4.92 Å². The van der Waals surface area contributed by atoms with Crippen LogP contribution in [0.25, 0.3) is 0 Å². The van der Waals surface area contributed by atoms with Crippen LogP contribution >= 0.6 is 11.3 Å². The molecular weight excluding hydrogens is 289 g/mol. The van der Waals surface area contributed by atoms with Crippen LogP contribution in [0.4, 0.5) is 10.1 Å². The van der Waals surface area contributed by atoms with E-state index in [1.165, 1.54) is 12.1 Å². The number of nitro benzene ring substituents is 1. The van der Waals surface area contributed by atoms with E-state index in [0.29, 0.717) is 5.56 Å². The molecule has 1 aromatic heterocycles. The van der Waals surface area contributed by atoms with Crippen molar-refractivity contribution in [1.82, 2.24) is 0 Å². The Kier molecular flexibility index (Phi) is 3.94. The van der Waals surface area contributed by atoms with Gasteiger partial charge >= 0.3 is 11.7 Å². The highest BCUT2D eigenvalue weighted by atomic mass is 32.1. The van der Waals surface area contributed by atoms with Gasteiger partial charge in [-0.05, 0) is 17.5 Å². The van der Waals surface area contributed by atoms with Crippen molar-refractivity contribution in [3.05, 3.63) is 56.0 Å². The molecule has 0 radical (unpaired) electrons. The fraction of sp³-hybridized carbons (Fsp3) is 0.0833. The SMILES string of the molecule is O=C(O)c1sccc1COc1c(F)cccc1[N+](=O)[O-]. The normalized spacial score (nSPS) is 10.2. The lowest BCUT2D eigenvalue weighted by Gasteiger charge is -2.07. The zero-order valence-corrected chi connectivity index (χ0v) is 10.7. The van der Waals surface area contributed by atoms with Gasteiger partial charge in [-0.1, -0.05) is 6.07 Å². The number of ether oxygens (including phenoxy) is 1. The molecule has 0 atom stereocenters. The summed E-state index contributed by atoms with van der Waals surface area (Å²) in [6.07, 6.45) is 0. The predicted molar refractivity (Wildman–Crippen MR) is 68.7 cm³/mol. The Morgan fingerprint density at radius 2 is 2.20 bits per heavy atom. The largest absolute Gasteiger partial charge is 0.480 e. The Morgan fingerprint density at radius 1 is 1.45 bits per heavy atom. The fourth-order valence-corrected chi connectivity index (χ4v) is 2.32. The van der Waals surface area contributed by atoms with E-state index in [-0.39, 0.29) is 11.5 Å². The number of carboxylic acid groups (broad SMARTS) is 1. The molecule has 6 nitrogen and oxygen atoms in total. The van der Waals surface area contributed by atoms with E-state index >= 15 is 0 Å². The lowest BCUT2D eigenvalue weighted by molar-refractivity contribution is -0.386. The number of carboxylic acids is 1. The Morgan fingerprint density at radius 3 is 2.85 bits per heavy atom. The molecule has 0 aliphatic carbocycles. The first-order valence-electron chi connectivity index (χ1n) is 5.36. The zero-order valence-electron chi connectivity index (χ0n) is 9.91. The lowest BCUT2D eigenvalue weighted by atomic mass is 10.2. The third-order valence-electron chi connectivity index (χ3n) is 2.46. The van der Waals surface area contributed by atoms with Crippen molar-refractivity contribution in [3.63, 3.8) is 0 Å². The monoisotopic (exact) mass is 297 g/mol. The van der Waals surface area contributed by atoms with E-state index in [4.69, 9.17) is 9.84 Å². The minimum absolute atomic E-state index is 0.0593. The van der Waals surface area contributed by atoms with Gasteiger partial charge in [-0.15, -0.1) is 11.3 Å². The first-order chi connectivity index (χ1) is 9.50. The maximum Gasteiger partial charge on any atom is 0.346 e. The standard InChI is InChI=1S/C12H8FNO5S/c13-8-2-1-3-9(14(17)18)10(8)19-6-7-4-5-20-11(7)12(15)16/h1-5H,6H2,(H,15,16). The number of benzene rings is 1. The highest BCUT2D eigenvalue weighted by Crippen LogP contribution is 2.31. The molecule has 1 N–H and O–H groups in total. The van der Waals surface area contributed by atoms with Gasteiger partial charge in [0.25, 0.3) is 0 Å². The maximum absolute atomic E-state index is 13.6. The highest BCUT2D eigenvalue weighted by molar-refractivity contribution is 7.12. The molecule has 1 aromatic carbocycles. The summed E-state index contributed by atoms with van der Waals surface area (Å²) in [5.41, 5.74) is -0.169. The Hall–Kier alpha value is -2.48. The number of para-hydroxylation sites is 1. The molecule has 20 heavy (non-hydrogen) atoms. The van der Waals surface area contributed by atoms with Crippen molar-refractivity contribution in [2.24, 2.45) is 0 Å². The molecular formula is C12H8FNO5S. The van der Waals surface area contributed by atoms with Gasteiger partial charge in [0.1, 0.15) is 11.5 Å². The van der Waals surface area contributed by atoms with Gasteiger partial charge in [-0.3, -0.25) is 10.1 Å².